The van der Waals surface area contributed by atoms with Gasteiger partial charge in [-0.15, -0.1) is 5.11 Å². The van der Waals surface area contributed by atoms with E-state index in [2.05, 4.69) is 22.1 Å². The van der Waals surface area contributed by atoms with E-state index in [9.17, 15) is 5.11 Å². The van der Waals surface area contributed by atoms with Crippen LogP contribution in [0.1, 0.15) is 18.1 Å². The predicted molar refractivity (Wildman–Crippen MR) is 89.7 cm³/mol. The van der Waals surface area contributed by atoms with Gasteiger partial charge < -0.3 is 10.1 Å². The Kier molecular flexibility index (Phi) is 3.86. The Hall–Kier alpha value is -2.33. The number of azo groups is 1. The summed E-state index contributed by atoms with van der Waals surface area (Å²) in [6.45, 7) is 4.00. The number of benzene rings is 2. The van der Waals surface area contributed by atoms with Crippen LogP contribution in [0.15, 0.2) is 46.6 Å². The van der Waals surface area contributed by atoms with Gasteiger partial charge in [0.15, 0.2) is 5.69 Å². The number of hydrogen-bond donors (Lipinski definition) is 2. The van der Waals surface area contributed by atoms with Crippen LogP contribution in [-0.2, 0) is 6.42 Å². The largest absolute Gasteiger partial charge is 0.493 e. The molecule has 5 heteroatoms. The number of fused-ring (bicyclic) bond motifs is 1. The molecule has 0 aliphatic heterocycles. The minimum Gasteiger partial charge on any atom is -0.493 e. The highest BCUT2D eigenvalue weighted by Crippen LogP contribution is 2.37. The molecule has 0 spiro atoms. The summed E-state index contributed by atoms with van der Waals surface area (Å²) in [7, 11) is 0. The van der Waals surface area contributed by atoms with E-state index in [0.29, 0.717) is 16.4 Å². The minimum absolute atomic E-state index is 0.0258. The molecule has 0 amide bonds. The van der Waals surface area contributed by atoms with Gasteiger partial charge in [-0.3, -0.25) is 0 Å². The Bertz CT molecular complexity index is 868. The van der Waals surface area contributed by atoms with Crippen LogP contribution < -0.4 is 0 Å². The molecule has 4 nitrogen and oxygen atoms in total. The number of hydrogen-bond acceptors (Lipinski definition) is 3. The molecule has 0 aliphatic rings. The van der Waals surface area contributed by atoms with E-state index in [0.717, 1.165) is 28.5 Å². The first kappa shape index (κ1) is 14.6. The average Bonchev–Trinajstić information content (AvgIpc) is 2.84. The Morgan fingerprint density at radius 2 is 2.00 bits per heavy atom. The molecule has 1 heterocycles. The number of rotatable bonds is 3. The molecular weight excluding hydrogens is 298 g/mol. The lowest BCUT2D eigenvalue weighted by Crippen LogP contribution is -1.80. The highest BCUT2D eigenvalue weighted by Gasteiger charge is 2.12. The zero-order valence-corrected chi connectivity index (χ0v) is 13.1. The maximum Gasteiger partial charge on any atom is 0.218 e. The summed E-state index contributed by atoms with van der Waals surface area (Å²) in [5.74, 6) is 0.0258. The van der Waals surface area contributed by atoms with Crippen molar-refractivity contribution >= 4 is 33.9 Å². The number of aryl methyl sites for hydroxylation is 2. The first-order valence-electron chi connectivity index (χ1n) is 7.10. The monoisotopic (exact) mass is 313 g/mol. The summed E-state index contributed by atoms with van der Waals surface area (Å²) in [5.41, 5.74) is 4.12. The molecule has 0 aliphatic carbocycles. The van der Waals surface area contributed by atoms with Gasteiger partial charge in [0.1, 0.15) is 0 Å². The molecule has 0 saturated carbocycles. The van der Waals surface area contributed by atoms with Gasteiger partial charge in [-0.25, -0.2) is 0 Å². The SMILES string of the molecule is CCc1cccc2c(N=Nc3ccc(C)c(Cl)c3)c(O)[nH]c12. The normalized spacial score (nSPS) is 11.6. The van der Waals surface area contributed by atoms with Gasteiger partial charge in [-0.05, 0) is 36.6 Å². The van der Waals surface area contributed by atoms with Gasteiger partial charge >= 0.3 is 0 Å². The van der Waals surface area contributed by atoms with Crippen molar-refractivity contribution in [2.45, 2.75) is 20.3 Å². The molecule has 3 rings (SSSR count). The van der Waals surface area contributed by atoms with E-state index < -0.39 is 0 Å². The fourth-order valence-electron chi connectivity index (χ4n) is 2.40. The average molecular weight is 314 g/mol. The van der Waals surface area contributed by atoms with Crippen LogP contribution in [0, 0.1) is 6.92 Å². The minimum atomic E-state index is 0.0258. The molecule has 2 aromatic carbocycles. The molecule has 2 N–H and O–H groups in total. The number of nitrogens with one attached hydrogen (secondary N) is 1. The first-order valence-corrected chi connectivity index (χ1v) is 7.48. The van der Waals surface area contributed by atoms with E-state index in [1.165, 1.54) is 0 Å². The van der Waals surface area contributed by atoms with E-state index in [1.807, 2.05) is 37.3 Å². The third-order valence-corrected chi connectivity index (χ3v) is 4.08. The third-order valence-electron chi connectivity index (χ3n) is 3.68. The van der Waals surface area contributed by atoms with Gasteiger partial charge in [0.2, 0.25) is 5.88 Å². The molecule has 3 aromatic rings. The first-order chi connectivity index (χ1) is 10.6. The van der Waals surface area contributed by atoms with Crippen LogP contribution in [0.2, 0.25) is 5.02 Å². The maximum absolute atomic E-state index is 10.1. The highest BCUT2D eigenvalue weighted by molar-refractivity contribution is 6.31. The number of halogens is 1. The van der Waals surface area contributed by atoms with E-state index in [1.54, 1.807) is 6.07 Å². The number of aromatic nitrogens is 1. The number of para-hydroxylation sites is 1. The molecule has 0 unspecified atom stereocenters. The standard InChI is InChI=1S/C17H16ClN3O/c1-3-11-5-4-6-13-15(11)19-17(22)16(13)21-20-12-8-7-10(2)14(18)9-12/h4-9,19,22H,3H2,1-2H3. The summed E-state index contributed by atoms with van der Waals surface area (Å²) in [4.78, 5) is 2.98. The highest BCUT2D eigenvalue weighted by atomic mass is 35.5. The lowest BCUT2D eigenvalue weighted by molar-refractivity contribution is 0.459. The molecule has 1 aromatic heterocycles. The molecule has 0 bridgehead atoms. The van der Waals surface area contributed by atoms with Crippen molar-refractivity contribution < 1.29 is 5.11 Å². The van der Waals surface area contributed by atoms with Gasteiger partial charge in [-0.1, -0.05) is 42.8 Å². The molecular formula is C17H16ClN3O. The van der Waals surface area contributed by atoms with Crippen LogP contribution in [0.5, 0.6) is 5.88 Å². The van der Waals surface area contributed by atoms with Crippen LogP contribution in [0.25, 0.3) is 10.9 Å². The fourth-order valence-corrected chi connectivity index (χ4v) is 2.57. The molecule has 0 fully saturated rings. The Morgan fingerprint density at radius 1 is 1.18 bits per heavy atom. The third kappa shape index (κ3) is 2.57. The zero-order valence-electron chi connectivity index (χ0n) is 12.4. The number of aromatic hydroxyl groups is 1. The van der Waals surface area contributed by atoms with Gasteiger partial charge in [-0.2, -0.15) is 5.11 Å². The lowest BCUT2D eigenvalue weighted by atomic mass is 10.1. The van der Waals surface area contributed by atoms with Crippen molar-refractivity contribution in [1.29, 1.82) is 0 Å². The molecule has 22 heavy (non-hydrogen) atoms. The molecule has 0 saturated heterocycles. The Balaban J connectivity index is 2.05. The van der Waals surface area contributed by atoms with Crippen LogP contribution in [0.3, 0.4) is 0 Å². The zero-order chi connectivity index (χ0) is 15.7. The summed E-state index contributed by atoms with van der Waals surface area (Å²) >= 11 is 6.08. The summed E-state index contributed by atoms with van der Waals surface area (Å²) in [6, 6.07) is 11.4. The second-order valence-corrected chi connectivity index (χ2v) is 5.56. The van der Waals surface area contributed by atoms with Crippen LogP contribution in [-0.4, -0.2) is 10.1 Å². The van der Waals surface area contributed by atoms with Gasteiger partial charge in [0, 0.05) is 10.4 Å². The summed E-state index contributed by atoms with van der Waals surface area (Å²) in [6.07, 6.45) is 0.876. The van der Waals surface area contributed by atoms with E-state index >= 15 is 0 Å². The van der Waals surface area contributed by atoms with Crippen LogP contribution >= 0.6 is 11.6 Å². The topological polar surface area (TPSA) is 60.7 Å². The molecule has 0 atom stereocenters. The van der Waals surface area contributed by atoms with E-state index in [4.69, 9.17) is 11.6 Å². The van der Waals surface area contributed by atoms with Crippen molar-refractivity contribution in [3.05, 3.63) is 52.5 Å². The lowest BCUT2D eigenvalue weighted by Gasteiger charge is -1.99. The number of H-pyrrole nitrogens is 1. The van der Waals surface area contributed by atoms with Crippen molar-refractivity contribution in [3.63, 3.8) is 0 Å². The smallest absolute Gasteiger partial charge is 0.218 e. The van der Waals surface area contributed by atoms with E-state index in [-0.39, 0.29) is 5.88 Å². The van der Waals surface area contributed by atoms with Crippen molar-refractivity contribution in [3.8, 4) is 5.88 Å². The Labute approximate surface area is 133 Å². The van der Waals surface area contributed by atoms with Crippen LogP contribution in [0.4, 0.5) is 11.4 Å². The fraction of sp³-hybridized carbons (Fsp3) is 0.176. The summed E-state index contributed by atoms with van der Waals surface area (Å²) in [5, 5.41) is 20.0. The molecule has 112 valence electrons. The second-order valence-electron chi connectivity index (χ2n) is 5.15. The van der Waals surface area contributed by atoms with Gasteiger partial charge in [0.05, 0.1) is 11.2 Å². The maximum atomic E-state index is 10.1. The van der Waals surface area contributed by atoms with Crippen molar-refractivity contribution in [2.75, 3.05) is 0 Å². The number of nitrogens with zero attached hydrogens (tertiary/aromatic N) is 2. The predicted octanol–water partition coefficient (Wildman–Crippen LogP) is 5.81. The van der Waals surface area contributed by atoms with Crippen molar-refractivity contribution in [1.82, 2.24) is 4.98 Å². The second kappa shape index (κ2) is 5.81. The quantitative estimate of drug-likeness (QED) is 0.588. The van der Waals surface area contributed by atoms with Gasteiger partial charge in [0.25, 0.3) is 0 Å². The summed E-state index contributed by atoms with van der Waals surface area (Å²) < 4.78 is 0. The number of aromatic amines is 1. The Morgan fingerprint density at radius 3 is 2.73 bits per heavy atom. The molecule has 0 radical (unpaired) electrons. The van der Waals surface area contributed by atoms with Crippen molar-refractivity contribution in [2.24, 2.45) is 10.2 Å².